The maximum atomic E-state index is 5.99. The minimum absolute atomic E-state index is 0.00144. The first-order valence-electron chi connectivity index (χ1n) is 5.06. The van der Waals surface area contributed by atoms with Crippen molar-refractivity contribution >= 4 is 0 Å². The molecule has 76 valence electrons. The highest BCUT2D eigenvalue weighted by molar-refractivity contribution is 5.36. The van der Waals surface area contributed by atoms with Crippen LogP contribution in [0.15, 0.2) is 18.2 Å². The smallest absolute Gasteiger partial charge is 0.131 e. The fourth-order valence-electron chi connectivity index (χ4n) is 1.63. The summed E-state index contributed by atoms with van der Waals surface area (Å²) in [5, 5.41) is 3.23. The van der Waals surface area contributed by atoms with Gasteiger partial charge in [0, 0.05) is 13.1 Å². The van der Waals surface area contributed by atoms with Crippen LogP contribution >= 0.6 is 0 Å². The van der Waals surface area contributed by atoms with Crippen LogP contribution in [0.25, 0.3) is 0 Å². The summed E-state index contributed by atoms with van der Waals surface area (Å²) in [6.45, 7) is 8.21. The van der Waals surface area contributed by atoms with Crippen LogP contribution in [0.1, 0.15) is 18.1 Å². The normalized spacial score (nSPS) is 18.8. The topological polar surface area (TPSA) is 21.3 Å². The van der Waals surface area contributed by atoms with Crippen molar-refractivity contribution in [2.24, 2.45) is 0 Å². The molecule has 2 heteroatoms. The van der Waals surface area contributed by atoms with Gasteiger partial charge in [-0.25, -0.2) is 0 Å². The highest BCUT2D eigenvalue weighted by Crippen LogP contribution is 2.25. The lowest BCUT2D eigenvalue weighted by Gasteiger charge is -2.39. The lowest BCUT2D eigenvalue weighted by Crippen LogP contribution is -2.61. The van der Waals surface area contributed by atoms with Gasteiger partial charge < -0.3 is 10.1 Å². The summed E-state index contributed by atoms with van der Waals surface area (Å²) in [5.41, 5.74) is 2.46. The van der Waals surface area contributed by atoms with Gasteiger partial charge in [-0.15, -0.1) is 0 Å². The van der Waals surface area contributed by atoms with Gasteiger partial charge in [-0.05, 0) is 38.0 Å². The number of hydrogen-bond acceptors (Lipinski definition) is 2. The molecular formula is C12H17NO. The van der Waals surface area contributed by atoms with Gasteiger partial charge in [-0.3, -0.25) is 0 Å². The zero-order valence-electron chi connectivity index (χ0n) is 9.05. The monoisotopic (exact) mass is 191 g/mol. The van der Waals surface area contributed by atoms with Gasteiger partial charge in [0.15, 0.2) is 0 Å². The van der Waals surface area contributed by atoms with Crippen LogP contribution in [0.3, 0.4) is 0 Å². The molecular weight excluding hydrogens is 174 g/mol. The predicted octanol–water partition coefficient (Wildman–Crippen LogP) is 2.04. The number of rotatable bonds is 2. The Hall–Kier alpha value is -1.02. The van der Waals surface area contributed by atoms with E-state index in [4.69, 9.17) is 4.74 Å². The fourth-order valence-corrected chi connectivity index (χ4v) is 1.63. The highest BCUT2D eigenvalue weighted by atomic mass is 16.5. The third kappa shape index (κ3) is 1.75. The minimum atomic E-state index is -0.00144. The third-order valence-corrected chi connectivity index (χ3v) is 2.70. The average molecular weight is 191 g/mol. The van der Waals surface area contributed by atoms with E-state index in [2.05, 4.69) is 44.3 Å². The molecule has 1 heterocycles. The summed E-state index contributed by atoms with van der Waals surface area (Å²) in [7, 11) is 0. The van der Waals surface area contributed by atoms with E-state index >= 15 is 0 Å². The van der Waals surface area contributed by atoms with Gasteiger partial charge in [0.05, 0.1) is 0 Å². The van der Waals surface area contributed by atoms with Crippen LogP contribution in [0.4, 0.5) is 0 Å². The quantitative estimate of drug-likeness (QED) is 0.772. The van der Waals surface area contributed by atoms with Crippen molar-refractivity contribution in [3.05, 3.63) is 29.3 Å². The van der Waals surface area contributed by atoms with Gasteiger partial charge in [0.25, 0.3) is 0 Å². The first-order chi connectivity index (χ1) is 6.59. The van der Waals surface area contributed by atoms with Gasteiger partial charge in [0.2, 0.25) is 0 Å². The zero-order chi connectivity index (χ0) is 10.2. The van der Waals surface area contributed by atoms with Crippen molar-refractivity contribution in [1.82, 2.24) is 5.32 Å². The maximum Gasteiger partial charge on any atom is 0.131 e. The van der Waals surface area contributed by atoms with E-state index in [9.17, 15) is 0 Å². The van der Waals surface area contributed by atoms with Crippen molar-refractivity contribution in [3.63, 3.8) is 0 Å². The molecule has 1 aliphatic rings. The van der Waals surface area contributed by atoms with Crippen LogP contribution < -0.4 is 10.1 Å². The predicted molar refractivity (Wildman–Crippen MR) is 57.8 cm³/mol. The van der Waals surface area contributed by atoms with Crippen LogP contribution in [0.5, 0.6) is 5.75 Å². The van der Waals surface area contributed by atoms with E-state index in [0.717, 1.165) is 18.8 Å². The van der Waals surface area contributed by atoms with Crippen LogP contribution in [-0.4, -0.2) is 18.7 Å². The minimum Gasteiger partial charge on any atom is -0.485 e. The summed E-state index contributed by atoms with van der Waals surface area (Å²) in [4.78, 5) is 0. The summed E-state index contributed by atoms with van der Waals surface area (Å²) in [6, 6.07) is 6.34. The van der Waals surface area contributed by atoms with Crippen LogP contribution in [-0.2, 0) is 0 Å². The second-order valence-corrected chi connectivity index (χ2v) is 4.42. The summed E-state index contributed by atoms with van der Waals surface area (Å²) in [6.07, 6.45) is 0. The van der Waals surface area contributed by atoms with Crippen molar-refractivity contribution in [3.8, 4) is 5.75 Å². The van der Waals surface area contributed by atoms with Gasteiger partial charge in [0.1, 0.15) is 11.4 Å². The summed E-state index contributed by atoms with van der Waals surface area (Å²) in [5.74, 6) is 1.02. The maximum absolute atomic E-state index is 5.99. The summed E-state index contributed by atoms with van der Waals surface area (Å²) < 4.78 is 5.99. The molecule has 0 saturated carbocycles. The fraction of sp³-hybridized carbons (Fsp3) is 0.500. The Morgan fingerprint density at radius 3 is 2.57 bits per heavy atom. The third-order valence-electron chi connectivity index (χ3n) is 2.70. The Morgan fingerprint density at radius 2 is 2.00 bits per heavy atom. The molecule has 2 nitrogen and oxygen atoms in total. The van der Waals surface area contributed by atoms with Crippen molar-refractivity contribution in [2.75, 3.05) is 13.1 Å². The molecule has 1 aliphatic heterocycles. The van der Waals surface area contributed by atoms with E-state index < -0.39 is 0 Å². The first-order valence-corrected chi connectivity index (χ1v) is 5.06. The Labute approximate surface area is 85.3 Å². The second kappa shape index (κ2) is 3.28. The number of aryl methyl sites for hydroxylation is 2. The average Bonchev–Trinajstić information content (AvgIpc) is 2.09. The van der Waals surface area contributed by atoms with E-state index in [0.29, 0.717) is 0 Å². The highest BCUT2D eigenvalue weighted by Gasteiger charge is 2.34. The van der Waals surface area contributed by atoms with Crippen LogP contribution in [0, 0.1) is 13.8 Å². The number of hydrogen-bond donors (Lipinski definition) is 1. The molecule has 0 aliphatic carbocycles. The van der Waals surface area contributed by atoms with Gasteiger partial charge in [-0.2, -0.15) is 0 Å². The molecule has 0 aromatic heterocycles. The van der Waals surface area contributed by atoms with Gasteiger partial charge in [-0.1, -0.05) is 12.1 Å². The van der Waals surface area contributed by atoms with E-state index in [1.54, 1.807) is 0 Å². The summed E-state index contributed by atoms with van der Waals surface area (Å²) >= 11 is 0. The van der Waals surface area contributed by atoms with Crippen molar-refractivity contribution in [1.29, 1.82) is 0 Å². The van der Waals surface area contributed by atoms with E-state index in [1.165, 1.54) is 11.1 Å². The second-order valence-electron chi connectivity index (χ2n) is 4.42. The van der Waals surface area contributed by atoms with E-state index in [1.807, 2.05) is 0 Å². The Bertz CT molecular complexity index is 342. The standard InChI is InChI=1S/C12H17NO/c1-9-4-5-10(2)11(6-9)14-12(3)7-13-8-12/h4-6,13H,7-8H2,1-3H3. The molecule has 0 radical (unpaired) electrons. The van der Waals surface area contributed by atoms with Crippen molar-refractivity contribution in [2.45, 2.75) is 26.4 Å². The molecule has 0 bridgehead atoms. The molecule has 1 saturated heterocycles. The molecule has 1 fully saturated rings. The number of ether oxygens (including phenoxy) is 1. The van der Waals surface area contributed by atoms with Crippen molar-refractivity contribution < 1.29 is 4.74 Å². The number of nitrogens with one attached hydrogen (secondary N) is 1. The molecule has 14 heavy (non-hydrogen) atoms. The number of benzene rings is 1. The molecule has 0 atom stereocenters. The molecule has 1 N–H and O–H groups in total. The molecule has 0 spiro atoms. The molecule has 1 aromatic carbocycles. The molecule has 1 aromatic rings. The molecule has 2 rings (SSSR count). The first kappa shape index (κ1) is 9.53. The lowest BCUT2D eigenvalue weighted by molar-refractivity contribution is 0.0342. The molecule has 0 amide bonds. The Balaban J connectivity index is 2.19. The van der Waals surface area contributed by atoms with Gasteiger partial charge >= 0.3 is 0 Å². The lowest BCUT2D eigenvalue weighted by atomic mass is 9.99. The van der Waals surface area contributed by atoms with E-state index in [-0.39, 0.29) is 5.60 Å². The van der Waals surface area contributed by atoms with Crippen LogP contribution in [0.2, 0.25) is 0 Å². The Kier molecular flexibility index (Phi) is 2.23. The largest absolute Gasteiger partial charge is 0.485 e. The molecule has 0 unspecified atom stereocenters. The SMILES string of the molecule is Cc1ccc(C)c(OC2(C)CNC2)c1. The zero-order valence-corrected chi connectivity index (χ0v) is 9.05. The Morgan fingerprint density at radius 1 is 1.29 bits per heavy atom.